The molecular formula is C7H15O. The lowest BCUT2D eigenvalue weighted by Crippen LogP contribution is -2.20. The molecule has 0 spiro atoms. The molecule has 0 aromatic rings. The Kier molecular flexibility index (Phi) is 3.06. The number of rotatable bonds is 3. The molecule has 0 N–H and O–H groups in total. The van der Waals surface area contributed by atoms with Gasteiger partial charge in [0, 0.05) is 0 Å². The fourth-order valence-electron chi connectivity index (χ4n) is 0.402. The lowest BCUT2D eigenvalue weighted by molar-refractivity contribution is 0.0257. The quantitative estimate of drug-likeness (QED) is 0.548. The first-order valence-corrected chi connectivity index (χ1v) is 3.08. The molecule has 0 aromatic heterocycles. The van der Waals surface area contributed by atoms with E-state index >= 15 is 0 Å². The van der Waals surface area contributed by atoms with Crippen LogP contribution < -0.4 is 0 Å². The molecule has 1 heteroatoms. The Morgan fingerprint density at radius 2 is 2.00 bits per heavy atom. The average molecular weight is 115 g/mol. The van der Waals surface area contributed by atoms with Gasteiger partial charge in [0.05, 0.1) is 12.2 Å². The van der Waals surface area contributed by atoms with E-state index in [0.29, 0.717) is 0 Å². The normalized spacial score (nSPS) is 12.0. The van der Waals surface area contributed by atoms with Gasteiger partial charge >= 0.3 is 0 Å². The molecule has 1 nitrogen and oxygen atoms in total. The van der Waals surface area contributed by atoms with Crippen molar-refractivity contribution in [2.24, 2.45) is 0 Å². The predicted octanol–water partition coefficient (Wildman–Crippen LogP) is 2.37. The van der Waals surface area contributed by atoms with Crippen LogP contribution in [0.15, 0.2) is 0 Å². The number of hydrogen-bond donors (Lipinski definition) is 0. The molecule has 0 heterocycles. The summed E-state index contributed by atoms with van der Waals surface area (Å²) >= 11 is 0. The number of hydrogen-bond acceptors (Lipinski definition) is 1. The van der Waals surface area contributed by atoms with Crippen LogP contribution in [0.2, 0.25) is 0 Å². The maximum absolute atomic E-state index is 5.25. The van der Waals surface area contributed by atoms with Gasteiger partial charge in [-0.05, 0) is 27.2 Å². The van der Waals surface area contributed by atoms with Gasteiger partial charge in [0.1, 0.15) is 0 Å². The van der Waals surface area contributed by atoms with Crippen molar-refractivity contribution in [2.75, 3.05) is 0 Å². The van der Waals surface area contributed by atoms with E-state index in [2.05, 4.69) is 20.8 Å². The van der Waals surface area contributed by atoms with E-state index in [1.165, 1.54) is 0 Å². The summed E-state index contributed by atoms with van der Waals surface area (Å²) in [5, 5.41) is 0. The smallest absolute Gasteiger partial charge is 0.0813 e. The second-order valence-electron chi connectivity index (χ2n) is 2.47. The molecule has 0 aromatic carbocycles. The minimum atomic E-state index is 0.0365. The first-order chi connectivity index (χ1) is 3.62. The van der Waals surface area contributed by atoms with E-state index in [9.17, 15) is 0 Å². The van der Waals surface area contributed by atoms with E-state index in [-0.39, 0.29) is 5.60 Å². The van der Waals surface area contributed by atoms with Gasteiger partial charge in [-0.3, -0.25) is 0 Å². The zero-order chi connectivity index (χ0) is 6.62. The SMILES string of the molecule is C[CH]OC(C)(C)CC. The van der Waals surface area contributed by atoms with Gasteiger partial charge in [-0.15, -0.1) is 0 Å². The van der Waals surface area contributed by atoms with Crippen LogP contribution >= 0.6 is 0 Å². The number of ether oxygens (including phenoxy) is 1. The molecule has 1 radical (unpaired) electrons. The van der Waals surface area contributed by atoms with Crippen molar-refractivity contribution in [3.8, 4) is 0 Å². The third-order valence-corrected chi connectivity index (χ3v) is 1.29. The predicted molar refractivity (Wildman–Crippen MR) is 35.4 cm³/mol. The Morgan fingerprint density at radius 3 is 2.12 bits per heavy atom. The van der Waals surface area contributed by atoms with Gasteiger partial charge < -0.3 is 4.74 Å². The van der Waals surface area contributed by atoms with Crippen LogP contribution in [-0.2, 0) is 4.74 Å². The second-order valence-corrected chi connectivity index (χ2v) is 2.47. The zero-order valence-electron chi connectivity index (χ0n) is 6.19. The topological polar surface area (TPSA) is 9.23 Å². The monoisotopic (exact) mass is 115 g/mol. The summed E-state index contributed by atoms with van der Waals surface area (Å²) in [6.07, 6.45) is 1.05. The van der Waals surface area contributed by atoms with Gasteiger partial charge in [-0.2, -0.15) is 0 Å². The van der Waals surface area contributed by atoms with Gasteiger partial charge in [0.25, 0.3) is 0 Å². The van der Waals surface area contributed by atoms with Crippen molar-refractivity contribution in [3.63, 3.8) is 0 Å². The third-order valence-electron chi connectivity index (χ3n) is 1.29. The largest absolute Gasteiger partial charge is 0.370 e. The van der Waals surface area contributed by atoms with Crippen molar-refractivity contribution >= 4 is 0 Å². The molecule has 0 bridgehead atoms. The van der Waals surface area contributed by atoms with Crippen LogP contribution in [0, 0.1) is 6.61 Å². The van der Waals surface area contributed by atoms with Crippen LogP contribution in [-0.4, -0.2) is 5.60 Å². The highest BCUT2D eigenvalue weighted by molar-refractivity contribution is 4.66. The van der Waals surface area contributed by atoms with Gasteiger partial charge in [0.2, 0.25) is 0 Å². The highest BCUT2D eigenvalue weighted by Crippen LogP contribution is 2.13. The summed E-state index contributed by atoms with van der Waals surface area (Å²) in [4.78, 5) is 0. The zero-order valence-corrected chi connectivity index (χ0v) is 6.19. The molecule has 8 heavy (non-hydrogen) atoms. The first-order valence-electron chi connectivity index (χ1n) is 3.08. The van der Waals surface area contributed by atoms with E-state index in [4.69, 9.17) is 4.74 Å². The highest BCUT2D eigenvalue weighted by atomic mass is 16.5. The summed E-state index contributed by atoms with van der Waals surface area (Å²) in [5.74, 6) is 0. The molecule has 0 atom stereocenters. The van der Waals surface area contributed by atoms with Crippen LogP contribution in [0.3, 0.4) is 0 Å². The standard InChI is InChI=1S/C7H15O/c1-5-7(3,4)8-6-2/h6H,5H2,1-4H3. The molecule has 0 aliphatic rings. The first kappa shape index (κ1) is 7.96. The van der Waals surface area contributed by atoms with Crippen molar-refractivity contribution in [3.05, 3.63) is 6.61 Å². The van der Waals surface area contributed by atoms with Crippen molar-refractivity contribution in [2.45, 2.75) is 39.7 Å². The summed E-state index contributed by atoms with van der Waals surface area (Å²) in [6.45, 7) is 9.91. The van der Waals surface area contributed by atoms with E-state index in [1.807, 2.05) is 6.92 Å². The Balaban J connectivity index is 3.37. The maximum atomic E-state index is 5.25. The van der Waals surface area contributed by atoms with Gasteiger partial charge in [-0.25, -0.2) is 0 Å². The van der Waals surface area contributed by atoms with Crippen molar-refractivity contribution < 1.29 is 4.74 Å². The molecule has 0 aliphatic carbocycles. The fourth-order valence-corrected chi connectivity index (χ4v) is 0.402. The molecule has 0 saturated carbocycles. The summed E-state index contributed by atoms with van der Waals surface area (Å²) < 4.78 is 5.25. The van der Waals surface area contributed by atoms with Crippen LogP contribution in [0.1, 0.15) is 34.1 Å². The van der Waals surface area contributed by atoms with Crippen LogP contribution in [0.4, 0.5) is 0 Å². The van der Waals surface area contributed by atoms with Crippen molar-refractivity contribution in [1.82, 2.24) is 0 Å². The average Bonchev–Trinajstić information content (AvgIpc) is 1.67. The summed E-state index contributed by atoms with van der Waals surface area (Å²) in [7, 11) is 0. The van der Waals surface area contributed by atoms with E-state index < -0.39 is 0 Å². The van der Waals surface area contributed by atoms with Gasteiger partial charge in [-0.1, -0.05) is 6.92 Å². The Bertz CT molecular complexity index is 57.4. The van der Waals surface area contributed by atoms with E-state index in [0.717, 1.165) is 6.42 Å². The third kappa shape index (κ3) is 3.03. The highest BCUT2D eigenvalue weighted by Gasteiger charge is 2.12. The van der Waals surface area contributed by atoms with Crippen molar-refractivity contribution in [1.29, 1.82) is 0 Å². The molecule has 0 fully saturated rings. The maximum Gasteiger partial charge on any atom is 0.0813 e. The van der Waals surface area contributed by atoms with Gasteiger partial charge in [0.15, 0.2) is 0 Å². The van der Waals surface area contributed by atoms with Crippen LogP contribution in [0.5, 0.6) is 0 Å². The van der Waals surface area contributed by atoms with E-state index in [1.54, 1.807) is 6.61 Å². The summed E-state index contributed by atoms with van der Waals surface area (Å²) in [6, 6.07) is 0. The molecule has 0 amide bonds. The molecule has 0 saturated heterocycles. The minimum absolute atomic E-state index is 0.0365. The lowest BCUT2D eigenvalue weighted by Gasteiger charge is -2.21. The molecule has 0 unspecified atom stereocenters. The summed E-state index contributed by atoms with van der Waals surface area (Å²) in [5.41, 5.74) is 0.0365. The fraction of sp³-hybridized carbons (Fsp3) is 0.857. The molecule has 0 rings (SSSR count). The molecule has 49 valence electrons. The minimum Gasteiger partial charge on any atom is -0.370 e. The molecular weight excluding hydrogens is 100 g/mol. The Labute approximate surface area is 52.0 Å². The second kappa shape index (κ2) is 3.08. The molecule has 0 aliphatic heterocycles. The Morgan fingerprint density at radius 1 is 1.50 bits per heavy atom. The van der Waals surface area contributed by atoms with Crippen LogP contribution in [0.25, 0.3) is 0 Å². The Hall–Kier alpha value is -0.0400. The lowest BCUT2D eigenvalue weighted by atomic mass is 10.1.